The minimum absolute atomic E-state index is 0.0543. The number of hydrogen-bond donors (Lipinski definition) is 2. The predicted molar refractivity (Wildman–Crippen MR) is 116 cm³/mol. The van der Waals surface area contributed by atoms with Crippen LogP contribution in [0.15, 0.2) is 30.3 Å². The highest BCUT2D eigenvalue weighted by atomic mass is 16.5. The van der Waals surface area contributed by atoms with Crippen LogP contribution in [0.1, 0.15) is 49.1 Å². The van der Waals surface area contributed by atoms with E-state index in [1.807, 2.05) is 37.3 Å². The third-order valence-corrected chi connectivity index (χ3v) is 5.91. The lowest BCUT2D eigenvalue weighted by Crippen LogP contribution is -2.56. The zero-order chi connectivity index (χ0) is 21.8. The summed E-state index contributed by atoms with van der Waals surface area (Å²) >= 11 is 0. The average Bonchev–Trinajstić information content (AvgIpc) is 3.51. The molecule has 0 spiro atoms. The summed E-state index contributed by atoms with van der Waals surface area (Å²) in [6.45, 7) is 4.97. The summed E-state index contributed by atoms with van der Waals surface area (Å²) in [6, 6.07) is 9.48. The van der Waals surface area contributed by atoms with Crippen molar-refractivity contribution in [2.45, 2.75) is 51.2 Å². The third-order valence-electron chi connectivity index (χ3n) is 5.91. The maximum absolute atomic E-state index is 12.9. The summed E-state index contributed by atoms with van der Waals surface area (Å²) in [4.78, 5) is 29.2. The first-order valence-electron chi connectivity index (χ1n) is 11.0. The second-order valence-corrected chi connectivity index (χ2v) is 8.40. The molecule has 1 aliphatic heterocycles. The van der Waals surface area contributed by atoms with Gasteiger partial charge >= 0.3 is 0 Å². The first-order chi connectivity index (χ1) is 15.0. The molecule has 0 bridgehead atoms. The standard InChI is InChI=1S/C23H31N5O3/c1-3-31-19-8-4-16(5-9-19)14-28-11-10-24-23(30)21(28)13-22(29)27(2)15-18-12-20(26-25-18)17-6-7-17/h4-5,8-9,12,17,21H,3,6-7,10-11,13-15H2,1-2H3,(H,24,30)(H,25,26). The number of benzene rings is 1. The van der Waals surface area contributed by atoms with Crippen molar-refractivity contribution in [2.75, 3.05) is 26.7 Å². The van der Waals surface area contributed by atoms with Crippen molar-refractivity contribution in [3.63, 3.8) is 0 Å². The summed E-state index contributed by atoms with van der Waals surface area (Å²) in [5.74, 6) is 1.27. The molecule has 4 rings (SSSR count). The van der Waals surface area contributed by atoms with E-state index in [1.54, 1.807) is 11.9 Å². The molecule has 1 unspecified atom stereocenters. The van der Waals surface area contributed by atoms with Crippen LogP contribution in [0.2, 0.25) is 0 Å². The Morgan fingerprint density at radius 1 is 1.29 bits per heavy atom. The molecule has 8 heteroatoms. The Bertz CT molecular complexity index is 906. The van der Waals surface area contributed by atoms with Crippen LogP contribution >= 0.6 is 0 Å². The van der Waals surface area contributed by atoms with Gasteiger partial charge in [0.2, 0.25) is 11.8 Å². The van der Waals surface area contributed by atoms with Gasteiger partial charge in [-0.1, -0.05) is 12.1 Å². The van der Waals surface area contributed by atoms with E-state index in [9.17, 15) is 9.59 Å². The van der Waals surface area contributed by atoms with Crippen molar-refractivity contribution in [1.82, 2.24) is 25.3 Å². The molecule has 31 heavy (non-hydrogen) atoms. The van der Waals surface area contributed by atoms with Crippen LogP contribution in [0.25, 0.3) is 0 Å². The molecular formula is C23H31N5O3. The van der Waals surface area contributed by atoms with E-state index in [2.05, 4.69) is 20.4 Å². The van der Waals surface area contributed by atoms with Crippen molar-refractivity contribution < 1.29 is 14.3 Å². The SMILES string of the molecule is CCOc1ccc(CN2CCNC(=O)C2CC(=O)N(C)Cc2cc(C3CC3)n[nH]2)cc1. The first kappa shape index (κ1) is 21.4. The lowest BCUT2D eigenvalue weighted by atomic mass is 10.1. The van der Waals surface area contributed by atoms with Gasteiger partial charge in [-0.15, -0.1) is 0 Å². The Balaban J connectivity index is 1.36. The first-order valence-corrected chi connectivity index (χ1v) is 11.0. The monoisotopic (exact) mass is 425 g/mol. The van der Waals surface area contributed by atoms with Gasteiger partial charge in [-0.25, -0.2) is 0 Å². The Morgan fingerprint density at radius 3 is 2.77 bits per heavy atom. The van der Waals surface area contributed by atoms with Gasteiger partial charge in [0.15, 0.2) is 0 Å². The predicted octanol–water partition coefficient (Wildman–Crippen LogP) is 2.03. The smallest absolute Gasteiger partial charge is 0.237 e. The zero-order valence-corrected chi connectivity index (χ0v) is 18.3. The number of piperazine rings is 1. The van der Waals surface area contributed by atoms with Crippen LogP contribution in [0.4, 0.5) is 0 Å². The quantitative estimate of drug-likeness (QED) is 0.642. The molecule has 1 aromatic heterocycles. The molecular weight excluding hydrogens is 394 g/mol. The molecule has 8 nitrogen and oxygen atoms in total. The van der Waals surface area contributed by atoms with Gasteiger partial charge in [-0.05, 0) is 43.5 Å². The van der Waals surface area contributed by atoms with Crippen LogP contribution in [0.5, 0.6) is 5.75 Å². The summed E-state index contributed by atoms with van der Waals surface area (Å²) in [5, 5.41) is 10.3. The Morgan fingerprint density at radius 2 is 2.06 bits per heavy atom. The van der Waals surface area contributed by atoms with Crippen molar-refractivity contribution >= 4 is 11.8 Å². The highest BCUT2D eigenvalue weighted by Crippen LogP contribution is 2.39. The Kier molecular flexibility index (Phi) is 6.56. The minimum Gasteiger partial charge on any atom is -0.494 e. The lowest BCUT2D eigenvalue weighted by molar-refractivity contribution is -0.138. The van der Waals surface area contributed by atoms with E-state index in [4.69, 9.17) is 4.74 Å². The fraction of sp³-hybridized carbons (Fsp3) is 0.522. The number of amides is 2. The molecule has 1 saturated carbocycles. The number of nitrogens with one attached hydrogen (secondary N) is 2. The fourth-order valence-corrected chi connectivity index (χ4v) is 3.98. The number of ether oxygens (including phenoxy) is 1. The van der Waals surface area contributed by atoms with Gasteiger partial charge in [0.1, 0.15) is 5.75 Å². The Hall–Kier alpha value is -2.87. The van der Waals surface area contributed by atoms with Gasteiger partial charge in [0, 0.05) is 32.6 Å². The molecule has 166 valence electrons. The number of aromatic nitrogens is 2. The number of carbonyl (C=O) groups excluding carboxylic acids is 2. The fourth-order valence-electron chi connectivity index (χ4n) is 3.98. The number of H-pyrrole nitrogens is 1. The number of carbonyl (C=O) groups is 2. The van der Waals surface area contributed by atoms with Gasteiger partial charge in [0.05, 0.1) is 37.0 Å². The number of rotatable bonds is 9. The summed E-state index contributed by atoms with van der Waals surface area (Å²) in [5.41, 5.74) is 3.11. The molecule has 2 fully saturated rings. The molecule has 1 saturated heterocycles. The highest BCUT2D eigenvalue weighted by molar-refractivity contribution is 5.88. The van der Waals surface area contributed by atoms with Crippen molar-refractivity contribution in [3.05, 3.63) is 47.3 Å². The number of hydrogen-bond acceptors (Lipinski definition) is 5. The van der Waals surface area contributed by atoms with Crippen LogP contribution in [-0.4, -0.2) is 64.6 Å². The van der Waals surface area contributed by atoms with E-state index in [0.717, 1.165) is 22.7 Å². The molecule has 2 amide bonds. The summed E-state index contributed by atoms with van der Waals surface area (Å²) < 4.78 is 5.50. The normalized spacial score (nSPS) is 19.2. The maximum atomic E-state index is 12.9. The maximum Gasteiger partial charge on any atom is 0.237 e. The molecule has 2 aromatic rings. The van der Waals surface area contributed by atoms with Crippen molar-refractivity contribution in [2.24, 2.45) is 0 Å². The van der Waals surface area contributed by atoms with Gasteiger partial charge in [-0.3, -0.25) is 19.6 Å². The minimum atomic E-state index is -0.473. The van der Waals surface area contributed by atoms with E-state index in [-0.39, 0.29) is 18.2 Å². The van der Waals surface area contributed by atoms with Gasteiger partial charge in [0.25, 0.3) is 0 Å². The van der Waals surface area contributed by atoms with Crippen LogP contribution in [-0.2, 0) is 22.7 Å². The van der Waals surface area contributed by atoms with Crippen LogP contribution in [0.3, 0.4) is 0 Å². The van der Waals surface area contributed by atoms with Crippen LogP contribution < -0.4 is 10.1 Å². The molecule has 1 atom stereocenters. The summed E-state index contributed by atoms with van der Waals surface area (Å²) in [7, 11) is 1.78. The van der Waals surface area contributed by atoms with Gasteiger partial charge in [-0.2, -0.15) is 5.10 Å². The average molecular weight is 426 g/mol. The number of aromatic amines is 1. The highest BCUT2D eigenvalue weighted by Gasteiger charge is 2.32. The summed E-state index contributed by atoms with van der Waals surface area (Å²) in [6.07, 6.45) is 2.54. The third kappa shape index (κ3) is 5.44. The van der Waals surface area contributed by atoms with E-state index in [1.165, 1.54) is 12.8 Å². The topological polar surface area (TPSA) is 90.6 Å². The molecule has 2 heterocycles. The van der Waals surface area contributed by atoms with E-state index >= 15 is 0 Å². The van der Waals surface area contributed by atoms with Crippen molar-refractivity contribution in [1.29, 1.82) is 0 Å². The zero-order valence-electron chi connectivity index (χ0n) is 18.3. The lowest BCUT2D eigenvalue weighted by Gasteiger charge is -2.35. The van der Waals surface area contributed by atoms with E-state index in [0.29, 0.717) is 38.7 Å². The van der Waals surface area contributed by atoms with Crippen molar-refractivity contribution in [3.8, 4) is 5.75 Å². The Labute approximate surface area is 182 Å². The number of nitrogens with zero attached hydrogens (tertiary/aromatic N) is 3. The molecule has 2 N–H and O–H groups in total. The molecule has 2 aliphatic rings. The second-order valence-electron chi connectivity index (χ2n) is 8.40. The molecule has 1 aliphatic carbocycles. The van der Waals surface area contributed by atoms with Crippen LogP contribution in [0, 0.1) is 0 Å². The van der Waals surface area contributed by atoms with Gasteiger partial charge < -0.3 is 15.0 Å². The molecule has 0 radical (unpaired) electrons. The second kappa shape index (κ2) is 9.51. The van der Waals surface area contributed by atoms with E-state index < -0.39 is 6.04 Å². The molecule has 1 aromatic carbocycles. The largest absolute Gasteiger partial charge is 0.494 e.